The van der Waals surface area contributed by atoms with Crippen molar-refractivity contribution in [1.29, 1.82) is 0 Å². The molecular formula is C13H16N2O2. The van der Waals surface area contributed by atoms with E-state index in [1.165, 1.54) is 5.56 Å². The molecule has 0 aliphatic carbocycles. The molecule has 0 spiro atoms. The van der Waals surface area contributed by atoms with Crippen LogP contribution in [-0.4, -0.2) is 30.6 Å². The predicted octanol–water partition coefficient (Wildman–Crippen LogP) is 1.32. The fourth-order valence-electron chi connectivity index (χ4n) is 2.59. The van der Waals surface area contributed by atoms with E-state index in [1.54, 1.807) is 6.07 Å². The molecular weight excluding hydrogens is 216 g/mol. The molecule has 0 fully saturated rings. The maximum atomic E-state index is 9.71. The molecule has 2 N–H and O–H groups in total. The summed E-state index contributed by atoms with van der Waals surface area (Å²) in [5, 5.41) is 13.0. The van der Waals surface area contributed by atoms with Gasteiger partial charge in [-0.25, -0.2) is 0 Å². The van der Waals surface area contributed by atoms with Crippen molar-refractivity contribution in [3.05, 3.63) is 28.8 Å². The summed E-state index contributed by atoms with van der Waals surface area (Å²) in [5.74, 6) is 1.20. The number of benzene rings is 1. The van der Waals surface area contributed by atoms with Gasteiger partial charge in [0.05, 0.1) is 13.2 Å². The van der Waals surface area contributed by atoms with E-state index < -0.39 is 0 Å². The Morgan fingerprint density at radius 1 is 1.47 bits per heavy atom. The Hall–Kier alpha value is -1.55. The number of aryl methyl sites for hydroxylation is 1. The molecule has 0 aromatic heterocycles. The Morgan fingerprint density at radius 3 is 3.12 bits per heavy atom. The molecule has 17 heavy (non-hydrogen) atoms. The largest absolute Gasteiger partial charge is 0.508 e. The number of aromatic hydroxyl groups is 1. The monoisotopic (exact) mass is 232 g/mol. The number of aliphatic imine (C=N–C) groups is 1. The normalized spacial score (nSPS) is 22.9. The Morgan fingerprint density at radius 2 is 2.35 bits per heavy atom. The van der Waals surface area contributed by atoms with Crippen molar-refractivity contribution < 1.29 is 9.84 Å². The minimum Gasteiger partial charge on any atom is -0.508 e. The van der Waals surface area contributed by atoms with Gasteiger partial charge in [-0.3, -0.25) is 4.99 Å². The molecule has 90 valence electrons. The van der Waals surface area contributed by atoms with E-state index in [1.807, 2.05) is 13.0 Å². The van der Waals surface area contributed by atoms with Crippen LogP contribution < -0.4 is 5.32 Å². The van der Waals surface area contributed by atoms with Gasteiger partial charge in [0, 0.05) is 6.54 Å². The maximum Gasteiger partial charge on any atom is 0.140 e. The molecule has 0 saturated heterocycles. The number of amidine groups is 1. The summed E-state index contributed by atoms with van der Waals surface area (Å²) < 4.78 is 5.79. The number of rotatable bonds is 1. The molecule has 1 unspecified atom stereocenters. The van der Waals surface area contributed by atoms with Crippen LogP contribution in [0.3, 0.4) is 0 Å². The molecule has 3 rings (SSSR count). The average molecular weight is 232 g/mol. The zero-order valence-corrected chi connectivity index (χ0v) is 9.86. The lowest BCUT2D eigenvalue weighted by molar-refractivity contribution is 0.0856. The zero-order chi connectivity index (χ0) is 11.8. The number of nitrogens with one attached hydrogen (secondary N) is 1. The van der Waals surface area contributed by atoms with Crippen LogP contribution in [0.1, 0.15) is 22.8 Å². The van der Waals surface area contributed by atoms with E-state index in [9.17, 15) is 5.11 Å². The number of phenolic OH excluding ortho intramolecular Hbond substituents is 1. The predicted molar refractivity (Wildman–Crippen MR) is 65.5 cm³/mol. The summed E-state index contributed by atoms with van der Waals surface area (Å²) in [6.07, 6.45) is 0.776. The van der Waals surface area contributed by atoms with Crippen LogP contribution in [0.2, 0.25) is 0 Å². The van der Waals surface area contributed by atoms with Gasteiger partial charge in [0.25, 0.3) is 0 Å². The first kappa shape index (κ1) is 10.6. The summed E-state index contributed by atoms with van der Waals surface area (Å²) in [6.45, 7) is 4.43. The van der Waals surface area contributed by atoms with Crippen LogP contribution in [0.4, 0.5) is 0 Å². The molecule has 0 amide bonds. The number of fused-ring (bicyclic) bond motifs is 1. The Labute approximate surface area is 100 Å². The van der Waals surface area contributed by atoms with Gasteiger partial charge in [-0.1, -0.05) is 0 Å². The van der Waals surface area contributed by atoms with Gasteiger partial charge < -0.3 is 15.2 Å². The first-order valence-electron chi connectivity index (χ1n) is 5.98. The van der Waals surface area contributed by atoms with E-state index in [2.05, 4.69) is 10.3 Å². The molecule has 1 atom stereocenters. The molecule has 4 heteroatoms. The second-order valence-electron chi connectivity index (χ2n) is 4.53. The van der Waals surface area contributed by atoms with Gasteiger partial charge in [0.2, 0.25) is 0 Å². The van der Waals surface area contributed by atoms with Gasteiger partial charge in [-0.05, 0) is 42.2 Å². The highest BCUT2D eigenvalue weighted by Crippen LogP contribution is 2.33. The zero-order valence-electron chi connectivity index (χ0n) is 9.86. The van der Waals surface area contributed by atoms with Gasteiger partial charge in [-0.15, -0.1) is 0 Å². The first-order valence-corrected chi connectivity index (χ1v) is 5.98. The highest BCUT2D eigenvalue weighted by molar-refractivity contribution is 5.89. The van der Waals surface area contributed by atoms with E-state index in [0.29, 0.717) is 12.4 Å². The third-order valence-corrected chi connectivity index (χ3v) is 3.36. The molecule has 2 aliphatic rings. The minimum atomic E-state index is -0.132. The molecule has 0 saturated carbocycles. The van der Waals surface area contributed by atoms with Gasteiger partial charge in [0.15, 0.2) is 0 Å². The van der Waals surface area contributed by atoms with Crippen LogP contribution in [0.15, 0.2) is 17.1 Å². The van der Waals surface area contributed by atoms with E-state index in [-0.39, 0.29) is 6.10 Å². The van der Waals surface area contributed by atoms with Crippen molar-refractivity contribution in [2.45, 2.75) is 19.4 Å². The van der Waals surface area contributed by atoms with Crippen LogP contribution in [0.25, 0.3) is 0 Å². The fraction of sp³-hybridized carbons (Fsp3) is 0.462. The van der Waals surface area contributed by atoms with Crippen molar-refractivity contribution in [2.24, 2.45) is 4.99 Å². The van der Waals surface area contributed by atoms with Crippen LogP contribution in [0.5, 0.6) is 5.75 Å². The Balaban J connectivity index is 2.06. The van der Waals surface area contributed by atoms with Gasteiger partial charge in [-0.2, -0.15) is 0 Å². The highest BCUT2D eigenvalue weighted by Gasteiger charge is 2.28. The Kier molecular flexibility index (Phi) is 2.52. The van der Waals surface area contributed by atoms with Crippen LogP contribution in [-0.2, 0) is 11.2 Å². The van der Waals surface area contributed by atoms with Crippen LogP contribution >= 0.6 is 0 Å². The van der Waals surface area contributed by atoms with Gasteiger partial charge >= 0.3 is 0 Å². The van der Waals surface area contributed by atoms with E-state index >= 15 is 0 Å². The molecule has 0 radical (unpaired) electrons. The quantitative estimate of drug-likeness (QED) is 0.767. The highest BCUT2D eigenvalue weighted by atomic mass is 16.5. The summed E-state index contributed by atoms with van der Waals surface area (Å²) >= 11 is 0. The molecule has 1 aromatic rings. The number of hydrogen-bond acceptors (Lipinski definition) is 4. The Bertz CT molecular complexity index is 483. The number of phenols is 1. The lowest BCUT2D eigenvalue weighted by atomic mass is 9.92. The number of nitrogens with zero attached hydrogens (tertiary/aromatic N) is 1. The maximum absolute atomic E-state index is 9.71. The summed E-state index contributed by atoms with van der Waals surface area (Å²) in [5.41, 5.74) is 3.48. The standard InChI is InChI=1S/C13H16N2O2/c1-8-6-9(16)7-11-10(8)2-5-17-12(11)13-14-3-4-15-13/h6-7,12,16H,2-5H2,1H3,(H,14,15). The number of hydrogen-bond donors (Lipinski definition) is 2. The fourth-order valence-corrected chi connectivity index (χ4v) is 2.59. The number of ether oxygens (including phenoxy) is 1. The molecule has 0 bridgehead atoms. The summed E-state index contributed by atoms with van der Waals surface area (Å²) in [7, 11) is 0. The second kappa shape index (κ2) is 4.04. The molecule has 4 nitrogen and oxygen atoms in total. The molecule has 2 heterocycles. The van der Waals surface area contributed by atoms with Crippen molar-refractivity contribution in [1.82, 2.24) is 5.32 Å². The first-order chi connectivity index (χ1) is 8.25. The lowest BCUT2D eigenvalue weighted by Crippen LogP contribution is -2.31. The van der Waals surface area contributed by atoms with Crippen LogP contribution in [0, 0.1) is 6.92 Å². The lowest BCUT2D eigenvalue weighted by Gasteiger charge is -2.27. The molecule has 1 aromatic carbocycles. The van der Waals surface area contributed by atoms with E-state index in [0.717, 1.165) is 36.5 Å². The minimum absolute atomic E-state index is 0.132. The average Bonchev–Trinajstić information content (AvgIpc) is 2.81. The van der Waals surface area contributed by atoms with Crippen molar-refractivity contribution in [2.75, 3.05) is 19.7 Å². The van der Waals surface area contributed by atoms with Crippen molar-refractivity contribution in [3.63, 3.8) is 0 Å². The third-order valence-electron chi connectivity index (χ3n) is 3.36. The second-order valence-corrected chi connectivity index (χ2v) is 4.53. The molecule has 2 aliphatic heterocycles. The van der Waals surface area contributed by atoms with Gasteiger partial charge in [0.1, 0.15) is 17.7 Å². The van der Waals surface area contributed by atoms with E-state index in [4.69, 9.17) is 4.74 Å². The van der Waals surface area contributed by atoms with Crippen molar-refractivity contribution >= 4 is 5.84 Å². The topological polar surface area (TPSA) is 53.9 Å². The smallest absolute Gasteiger partial charge is 0.140 e. The summed E-state index contributed by atoms with van der Waals surface area (Å²) in [4.78, 5) is 4.42. The summed E-state index contributed by atoms with van der Waals surface area (Å²) in [6, 6.07) is 3.61. The van der Waals surface area contributed by atoms with Crippen molar-refractivity contribution in [3.8, 4) is 5.75 Å². The SMILES string of the molecule is Cc1cc(O)cc2c1CCOC2C1=NCCN1. The third kappa shape index (κ3) is 1.78.